The topological polar surface area (TPSA) is 70.7 Å². The van der Waals surface area contributed by atoms with E-state index >= 15 is 0 Å². The van der Waals surface area contributed by atoms with Gasteiger partial charge in [0, 0.05) is 19.0 Å². The van der Waals surface area contributed by atoms with Gasteiger partial charge in [-0.3, -0.25) is 9.89 Å². The molecule has 2 aromatic rings. The zero-order chi connectivity index (χ0) is 14.2. The molecule has 0 radical (unpaired) electrons. The van der Waals surface area contributed by atoms with Gasteiger partial charge in [0.15, 0.2) is 0 Å². The summed E-state index contributed by atoms with van der Waals surface area (Å²) in [4.78, 5) is 15.5. The molecule has 1 heterocycles. The van der Waals surface area contributed by atoms with Gasteiger partial charge in [-0.25, -0.2) is 9.37 Å². The van der Waals surface area contributed by atoms with Gasteiger partial charge in [-0.15, -0.1) is 0 Å². The summed E-state index contributed by atoms with van der Waals surface area (Å²) in [6.07, 6.45) is 5.93. The van der Waals surface area contributed by atoms with Crippen LogP contribution in [0.15, 0.2) is 36.7 Å². The first-order valence-electron chi connectivity index (χ1n) is 6.30. The Balaban J connectivity index is 1.70. The minimum absolute atomic E-state index is 0.202. The zero-order valence-electron chi connectivity index (χ0n) is 10.8. The van der Waals surface area contributed by atoms with Crippen molar-refractivity contribution < 1.29 is 9.18 Å². The number of nitrogens with one attached hydrogen (secondary N) is 2. The van der Waals surface area contributed by atoms with Crippen LogP contribution in [0, 0.1) is 5.82 Å². The highest BCUT2D eigenvalue weighted by molar-refractivity contribution is 5.91. The van der Waals surface area contributed by atoms with E-state index < -0.39 is 0 Å². The van der Waals surface area contributed by atoms with Crippen molar-refractivity contribution in [1.29, 1.82) is 0 Å². The number of amides is 1. The fourth-order valence-electron chi connectivity index (χ4n) is 1.66. The molecule has 0 spiro atoms. The van der Waals surface area contributed by atoms with Crippen LogP contribution in [0.3, 0.4) is 0 Å². The number of hydrogen-bond acceptors (Lipinski definition) is 3. The molecule has 0 saturated heterocycles. The normalized spacial score (nSPS) is 10.8. The van der Waals surface area contributed by atoms with E-state index in [-0.39, 0.29) is 11.7 Å². The Morgan fingerprint density at radius 2 is 2.35 bits per heavy atom. The van der Waals surface area contributed by atoms with Gasteiger partial charge in [0.25, 0.3) is 0 Å². The predicted octanol–water partition coefficient (Wildman–Crippen LogP) is 1.71. The molecular formula is C14H15FN4O. The SMILES string of the molecule is O=C(C=Cc1cccc(F)c1)NCCCc1ncn[nH]1. The molecule has 1 aromatic carbocycles. The van der Waals surface area contributed by atoms with E-state index in [1.807, 2.05) is 0 Å². The predicted molar refractivity (Wildman–Crippen MR) is 73.1 cm³/mol. The quantitative estimate of drug-likeness (QED) is 0.622. The Kier molecular flexibility index (Phi) is 5.00. The Morgan fingerprint density at radius 3 is 3.10 bits per heavy atom. The van der Waals surface area contributed by atoms with E-state index in [9.17, 15) is 9.18 Å². The maximum absolute atomic E-state index is 12.9. The lowest BCUT2D eigenvalue weighted by Crippen LogP contribution is -2.22. The Hall–Kier alpha value is -2.50. The number of aromatic nitrogens is 3. The minimum atomic E-state index is -0.320. The fourth-order valence-corrected chi connectivity index (χ4v) is 1.66. The summed E-state index contributed by atoms with van der Waals surface area (Å²) in [5.74, 6) is 0.279. The van der Waals surface area contributed by atoms with Gasteiger partial charge in [0.1, 0.15) is 18.0 Å². The van der Waals surface area contributed by atoms with Crippen LogP contribution in [-0.4, -0.2) is 27.6 Å². The highest BCUT2D eigenvalue weighted by Crippen LogP contribution is 2.05. The minimum Gasteiger partial charge on any atom is -0.353 e. The van der Waals surface area contributed by atoms with Crippen LogP contribution in [0.2, 0.25) is 0 Å². The molecular weight excluding hydrogens is 259 g/mol. The van der Waals surface area contributed by atoms with Gasteiger partial charge in [-0.1, -0.05) is 12.1 Å². The second kappa shape index (κ2) is 7.18. The van der Waals surface area contributed by atoms with Gasteiger partial charge in [-0.05, 0) is 30.2 Å². The number of aryl methyl sites for hydroxylation is 1. The summed E-state index contributed by atoms with van der Waals surface area (Å²) in [6, 6.07) is 6.07. The molecule has 2 rings (SSSR count). The fraction of sp³-hybridized carbons (Fsp3) is 0.214. The molecule has 0 atom stereocenters. The number of rotatable bonds is 6. The maximum atomic E-state index is 12.9. The Labute approximate surface area is 115 Å². The summed E-state index contributed by atoms with van der Waals surface area (Å²) >= 11 is 0. The summed E-state index contributed by atoms with van der Waals surface area (Å²) in [5, 5.41) is 9.24. The van der Waals surface area contributed by atoms with Gasteiger partial charge in [0.05, 0.1) is 0 Å². The monoisotopic (exact) mass is 274 g/mol. The second-order valence-electron chi connectivity index (χ2n) is 4.22. The molecule has 104 valence electrons. The first-order valence-corrected chi connectivity index (χ1v) is 6.30. The average molecular weight is 274 g/mol. The Morgan fingerprint density at radius 1 is 1.45 bits per heavy atom. The van der Waals surface area contributed by atoms with Gasteiger partial charge in [-0.2, -0.15) is 5.10 Å². The summed E-state index contributed by atoms with van der Waals surface area (Å²) < 4.78 is 12.9. The number of halogens is 1. The lowest BCUT2D eigenvalue weighted by Gasteiger charge is -2.00. The number of hydrogen-bond donors (Lipinski definition) is 2. The average Bonchev–Trinajstić information content (AvgIpc) is 2.95. The maximum Gasteiger partial charge on any atom is 0.243 e. The molecule has 2 N–H and O–H groups in total. The van der Waals surface area contributed by atoms with E-state index in [1.165, 1.54) is 24.5 Å². The lowest BCUT2D eigenvalue weighted by atomic mass is 10.2. The van der Waals surface area contributed by atoms with Crippen molar-refractivity contribution in [3.63, 3.8) is 0 Å². The van der Waals surface area contributed by atoms with E-state index in [4.69, 9.17) is 0 Å². The van der Waals surface area contributed by atoms with Crippen molar-refractivity contribution in [2.24, 2.45) is 0 Å². The van der Waals surface area contributed by atoms with Crippen molar-refractivity contribution in [3.8, 4) is 0 Å². The highest BCUT2D eigenvalue weighted by Gasteiger charge is 1.98. The lowest BCUT2D eigenvalue weighted by molar-refractivity contribution is -0.116. The largest absolute Gasteiger partial charge is 0.353 e. The molecule has 0 fully saturated rings. The highest BCUT2D eigenvalue weighted by atomic mass is 19.1. The smallest absolute Gasteiger partial charge is 0.243 e. The van der Waals surface area contributed by atoms with Gasteiger partial charge < -0.3 is 5.32 Å². The summed E-state index contributed by atoms with van der Waals surface area (Å²) in [7, 11) is 0. The molecule has 0 bridgehead atoms. The van der Waals surface area contributed by atoms with Crippen LogP contribution in [0.25, 0.3) is 6.08 Å². The van der Waals surface area contributed by atoms with E-state index in [1.54, 1.807) is 18.2 Å². The second-order valence-corrected chi connectivity index (χ2v) is 4.22. The molecule has 5 nitrogen and oxygen atoms in total. The molecule has 0 saturated carbocycles. The standard InChI is InChI=1S/C14H15FN4O/c15-12-4-1-3-11(9-12)6-7-14(20)16-8-2-5-13-17-10-18-19-13/h1,3-4,6-7,9-10H,2,5,8H2,(H,16,20)(H,17,18,19). The third-order valence-electron chi connectivity index (χ3n) is 2.63. The van der Waals surface area contributed by atoms with Crippen LogP contribution >= 0.6 is 0 Å². The van der Waals surface area contributed by atoms with E-state index in [2.05, 4.69) is 20.5 Å². The van der Waals surface area contributed by atoms with Crippen molar-refractivity contribution in [3.05, 3.63) is 53.9 Å². The number of benzene rings is 1. The number of aromatic amines is 1. The number of carbonyl (C=O) groups is 1. The molecule has 1 aromatic heterocycles. The number of carbonyl (C=O) groups excluding carboxylic acids is 1. The van der Waals surface area contributed by atoms with Crippen molar-refractivity contribution in [2.45, 2.75) is 12.8 Å². The molecule has 1 amide bonds. The van der Waals surface area contributed by atoms with Gasteiger partial charge in [0.2, 0.25) is 5.91 Å². The zero-order valence-corrected chi connectivity index (χ0v) is 10.8. The molecule has 0 aliphatic heterocycles. The Bertz CT molecular complexity index is 581. The van der Waals surface area contributed by atoms with Crippen molar-refractivity contribution in [2.75, 3.05) is 6.54 Å². The van der Waals surface area contributed by atoms with Crippen LogP contribution in [0.4, 0.5) is 4.39 Å². The summed E-state index contributed by atoms with van der Waals surface area (Å²) in [6.45, 7) is 0.549. The van der Waals surface area contributed by atoms with Crippen LogP contribution in [-0.2, 0) is 11.2 Å². The molecule has 0 aliphatic rings. The molecule has 6 heteroatoms. The first kappa shape index (κ1) is 13.9. The van der Waals surface area contributed by atoms with Crippen LogP contribution in [0.5, 0.6) is 0 Å². The molecule has 0 aliphatic carbocycles. The van der Waals surface area contributed by atoms with Crippen LogP contribution < -0.4 is 5.32 Å². The van der Waals surface area contributed by atoms with E-state index in [0.717, 1.165) is 18.7 Å². The molecule has 20 heavy (non-hydrogen) atoms. The van der Waals surface area contributed by atoms with Gasteiger partial charge >= 0.3 is 0 Å². The number of nitrogens with zero attached hydrogens (tertiary/aromatic N) is 2. The number of H-pyrrole nitrogens is 1. The third kappa shape index (κ3) is 4.64. The first-order chi connectivity index (χ1) is 9.74. The van der Waals surface area contributed by atoms with Crippen molar-refractivity contribution >= 4 is 12.0 Å². The molecule has 0 unspecified atom stereocenters. The third-order valence-corrected chi connectivity index (χ3v) is 2.63. The van der Waals surface area contributed by atoms with E-state index in [0.29, 0.717) is 12.1 Å². The summed E-state index contributed by atoms with van der Waals surface area (Å²) in [5.41, 5.74) is 0.654. The van der Waals surface area contributed by atoms with Crippen LogP contribution in [0.1, 0.15) is 17.8 Å². The van der Waals surface area contributed by atoms with Crippen molar-refractivity contribution in [1.82, 2.24) is 20.5 Å².